The minimum Gasteiger partial charge on any atom is -0.478 e. The number of carboxylic acid groups (broad SMARTS) is 1. The topological polar surface area (TPSA) is 112 Å². The third-order valence-electron chi connectivity index (χ3n) is 2.42. The van der Waals surface area contributed by atoms with Crippen LogP contribution < -0.4 is 4.72 Å². The van der Waals surface area contributed by atoms with Crippen LogP contribution in [0.5, 0.6) is 0 Å². The Labute approximate surface area is 99.3 Å². The van der Waals surface area contributed by atoms with Gasteiger partial charge in [-0.15, -0.1) is 0 Å². The molecule has 7 nitrogen and oxygen atoms in total. The Morgan fingerprint density at radius 1 is 1.65 bits per heavy atom. The first-order valence-electron chi connectivity index (χ1n) is 5.14. The number of aromatic nitrogens is 2. The van der Waals surface area contributed by atoms with Crippen LogP contribution in [-0.2, 0) is 10.0 Å². The van der Waals surface area contributed by atoms with Crippen LogP contribution in [0.1, 0.15) is 30.6 Å². The minimum absolute atomic E-state index is 0.181. The summed E-state index contributed by atoms with van der Waals surface area (Å²) in [6, 6.07) is 0. The van der Waals surface area contributed by atoms with Crippen LogP contribution >= 0.6 is 0 Å². The zero-order chi connectivity index (χ0) is 13.1. The molecule has 0 aliphatic carbocycles. The fourth-order valence-electron chi connectivity index (χ4n) is 1.10. The van der Waals surface area contributed by atoms with Crippen LogP contribution in [0, 0.1) is 5.92 Å². The van der Waals surface area contributed by atoms with Gasteiger partial charge in [0.25, 0.3) is 10.0 Å². The molecule has 1 aromatic heterocycles. The highest BCUT2D eigenvalue weighted by molar-refractivity contribution is 7.89. The number of aromatic carboxylic acids is 1. The van der Waals surface area contributed by atoms with Crippen molar-refractivity contribution in [3.8, 4) is 0 Å². The van der Waals surface area contributed by atoms with Gasteiger partial charge in [-0.3, -0.25) is 5.10 Å². The highest BCUT2D eigenvalue weighted by Gasteiger charge is 2.24. The van der Waals surface area contributed by atoms with Gasteiger partial charge < -0.3 is 5.11 Å². The molecule has 0 radical (unpaired) electrons. The van der Waals surface area contributed by atoms with Crippen molar-refractivity contribution < 1.29 is 18.3 Å². The monoisotopic (exact) mass is 261 g/mol. The molecule has 0 aromatic carbocycles. The summed E-state index contributed by atoms with van der Waals surface area (Å²) in [6.07, 6.45) is 1.80. The number of sulfonamides is 1. The van der Waals surface area contributed by atoms with Gasteiger partial charge in [0.15, 0.2) is 5.03 Å². The molecule has 1 rings (SSSR count). The molecule has 0 spiro atoms. The summed E-state index contributed by atoms with van der Waals surface area (Å²) in [4.78, 5) is 10.8. The van der Waals surface area contributed by atoms with E-state index in [4.69, 9.17) is 5.11 Å². The number of aromatic amines is 1. The lowest BCUT2D eigenvalue weighted by Gasteiger charge is -2.09. The minimum atomic E-state index is -3.85. The molecule has 1 unspecified atom stereocenters. The second kappa shape index (κ2) is 5.28. The third kappa shape index (κ3) is 3.27. The van der Waals surface area contributed by atoms with Crippen LogP contribution in [0.4, 0.5) is 0 Å². The summed E-state index contributed by atoms with van der Waals surface area (Å²) in [6.45, 7) is 4.10. The van der Waals surface area contributed by atoms with Crippen molar-refractivity contribution in [3.05, 3.63) is 11.8 Å². The van der Waals surface area contributed by atoms with E-state index in [9.17, 15) is 13.2 Å². The maximum absolute atomic E-state index is 11.8. The molecular formula is C9H15N3O4S. The second-order valence-corrected chi connectivity index (χ2v) is 5.49. The summed E-state index contributed by atoms with van der Waals surface area (Å²) in [5, 5.41) is 14.0. The van der Waals surface area contributed by atoms with E-state index in [1.54, 1.807) is 0 Å². The van der Waals surface area contributed by atoms with Crippen LogP contribution in [0.15, 0.2) is 11.2 Å². The van der Waals surface area contributed by atoms with E-state index >= 15 is 0 Å². The van der Waals surface area contributed by atoms with E-state index in [1.165, 1.54) is 0 Å². The zero-order valence-electron chi connectivity index (χ0n) is 9.60. The molecule has 0 aliphatic heterocycles. The lowest BCUT2D eigenvalue weighted by Crippen LogP contribution is -2.29. The number of hydrogen-bond donors (Lipinski definition) is 3. The molecule has 0 bridgehead atoms. The van der Waals surface area contributed by atoms with Gasteiger partial charge in [0.1, 0.15) is 5.56 Å². The van der Waals surface area contributed by atoms with Crippen molar-refractivity contribution in [2.45, 2.75) is 25.3 Å². The van der Waals surface area contributed by atoms with Crippen LogP contribution in [0.2, 0.25) is 0 Å². The third-order valence-corrected chi connectivity index (χ3v) is 3.82. The number of H-pyrrole nitrogens is 1. The van der Waals surface area contributed by atoms with Crippen molar-refractivity contribution in [1.82, 2.24) is 14.9 Å². The van der Waals surface area contributed by atoms with Gasteiger partial charge in [-0.2, -0.15) is 5.10 Å². The predicted octanol–water partition coefficient (Wildman–Crippen LogP) is 0.432. The van der Waals surface area contributed by atoms with Crippen LogP contribution in [0.3, 0.4) is 0 Å². The maximum Gasteiger partial charge on any atom is 0.340 e. The van der Waals surface area contributed by atoms with E-state index in [0.717, 1.165) is 12.6 Å². The lowest BCUT2D eigenvalue weighted by molar-refractivity contribution is 0.0692. The Morgan fingerprint density at radius 2 is 2.29 bits per heavy atom. The average Bonchev–Trinajstić information content (AvgIpc) is 2.75. The summed E-state index contributed by atoms with van der Waals surface area (Å²) in [7, 11) is -3.85. The first-order chi connectivity index (χ1) is 7.88. The highest BCUT2D eigenvalue weighted by Crippen LogP contribution is 2.12. The van der Waals surface area contributed by atoms with E-state index < -0.39 is 21.0 Å². The van der Waals surface area contributed by atoms with Crippen LogP contribution in [-0.4, -0.2) is 36.2 Å². The van der Waals surface area contributed by atoms with Gasteiger partial charge in [0.05, 0.1) is 6.20 Å². The SMILES string of the molecule is CCC(C)CNS(=O)(=O)c1[nH]ncc1C(=O)O. The van der Waals surface area contributed by atoms with Crippen LogP contribution in [0.25, 0.3) is 0 Å². The largest absolute Gasteiger partial charge is 0.478 e. The van der Waals surface area contributed by atoms with E-state index in [1.807, 2.05) is 13.8 Å². The van der Waals surface area contributed by atoms with Gasteiger partial charge in [-0.1, -0.05) is 20.3 Å². The fraction of sp³-hybridized carbons (Fsp3) is 0.556. The molecule has 0 fully saturated rings. The molecule has 0 aliphatic rings. The molecule has 0 saturated heterocycles. The molecule has 3 N–H and O–H groups in total. The number of carboxylic acids is 1. The Morgan fingerprint density at radius 3 is 2.82 bits per heavy atom. The maximum atomic E-state index is 11.8. The Bertz CT molecular complexity index is 494. The van der Waals surface area contributed by atoms with Gasteiger partial charge in [0.2, 0.25) is 0 Å². The first-order valence-corrected chi connectivity index (χ1v) is 6.63. The molecular weight excluding hydrogens is 246 g/mol. The fourth-order valence-corrected chi connectivity index (χ4v) is 2.35. The molecule has 17 heavy (non-hydrogen) atoms. The molecule has 0 amide bonds. The van der Waals surface area contributed by atoms with Gasteiger partial charge in [-0.25, -0.2) is 17.9 Å². The molecule has 96 valence electrons. The van der Waals surface area contributed by atoms with E-state index in [-0.39, 0.29) is 18.0 Å². The van der Waals surface area contributed by atoms with Crippen molar-refractivity contribution in [1.29, 1.82) is 0 Å². The van der Waals surface area contributed by atoms with Crippen molar-refractivity contribution in [2.75, 3.05) is 6.54 Å². The number of nitrogens with zero attached hydrogens (tertiary/aromatic N) is 1. The standard InChI is InChI=1S/C9H15N3O4S/c1-3-6(2)4-11-17(15,16)8-7(9(13)14)5-10-12-8/h5-6,11H,3-4H2,1-2H3,(H,10,12)(H,13,14). The number of carbonyl (C=O) groups is 1. The summed E-state index contributed by atoms with van der Waals surface area (Å²) >= 11 is 0. The molecule has 0 saturated carbocycles. The molecule has 8 heteroatoms. The van der Waals surface area contributed by atoms with Gasteiger partial charge in [0, 0.05) is 6.54 Å². The highest BCUT2D eigenvalue weighted by atomic mass is 32.2. The van der Waals surface area contributed by atoms with Crippen molar-refractivity contribution in [2.24, 2.45) is 5.92 Å². The quantitative estimate of drug-likeness (QED) is 0.687. The van der Waals surface area contributed by atoms with Gasteiger partial charge >= 0.3 is 5.97 Å². The van der Waals surface area contributed by atoms with Gasteiger partial charge in [-0.05, 0) is 5.92 Å². The number of hydrogen-bond acceptors (Lipinski definition) is 4. The zero-order valence-corrected chi connectivity index (χ0v) is 10.4. The molecule has 1 heterocycles. The van der Waals surface area contributed by atoms with E-state index in [2.05, 4.69) is 14.9 Å². The Hall–Kier alpha value is -1.41. The second-order valence-electron chi connectivity index (χ2n) is 3.78. The first kappa shape index (κ1) is 13.7. The number of rotatable bonds is 6. The smallest absolute Gasteiger partial charge is 0.340 e. The Kier molecular flexibility index (Phi) is 4.24. The van der Waals surface area contributed by atoms with Crippen molar-refractivity contribution >= 4 is 16.0 Å². The lowest BCUT2D eigenvalue weighted by atomic mass is 10.1. The normalized spacial score (nSPS) is 13.5. The average molecular weight is 261 g/mol. The summed E-state index contributed by atoms with van der Waals surface area (Å²) in [5.41, 5.74) is -0.360. The molecule has 1 aromatic rings. The number of nitrogens with one attached hydrogen (secondary N) is 2. The van der Waals surface area contributed by atoms with E-state index in [0.29, 0.717) is 0 Å². The summed E-state index contributed by atoms with van der Waals surface area (Å²) < 4.78 is 25.9. The molecule has 1 atom stereocenters. The van der Waals surface area contributed by atoms with Crippen molar-refractivity contribution in [3.63, 3.8) is 0 Å². The summed E-state index contributed by atoms with van der Waals surface area (Å²) in [5.74, 6) is -1.15. The predicted molar refractivity (Wildman–Crippen MR) is 60.2 cm³/mol. The Balaban J connectivity index is 2.90.